The fourth-order valence-corrected chi connectivity index (χ4v) is 2.05. The van der Waals surface area contributed by atoms with Crippen LogP contribution in [-0.4, -0.2) is 6.29 Å². The van der Waals surface area contributed by atoms with Crippen molar-refractivity contribution in [2.75, 3.05) is 0 Å². The first-order chi connectivity index (χ1) is 9.65. The Morgan fingerprint density at radius 1 is 1.35 bits per heavy atom. The van der Waals surface area contributed by atoms with E-state index in [9.17, 15) is 4.79 Å². The number of rotatable bonds is 4. The van der Waals surface area contributed by atoms with E-state index in [4.69, 9.17) is 21.6 Å². The summed E-state index contributed by atoms with van der Waals surface area (Å²) in [5, 5.41) is 9.19. The molecule has 0 aliphatic heterocycles. The average Bonchev–Trinajstić information content (AvgIpc) is 2.46. The Balaban J connectivity index is 2.19. The zero-order valence-corrected chi connectivity index (χ0v) is 11.6. The van der Waals surface area contributed by atoms with Crippen LogP contribution >= 0.6 is 11.6 Å². The van der Waals surface area contributed by atoms with Gasteiger partial charge in [0.2, 0.25) is 0 Å². The summed E-state index contributed by atoms with van der Waals surface area (Å²) >= 11 is 5.93. The molecule has 0 N–H and O–H groups in total. The third-order valence-corrected chi connectivity index (χ3v) is 3.32. The van der Waals surface area contributed by atoms with Crippen LogP contribution in [0, 0.1) is 18.3 Å². The van der Waals surface area contributed by atoms with Gasteiger partial charge in [0.15, 0.2) is 6.29 Å². The van der Waals surface area contributed by atoms with Crippen LogP contribution in [0.25, 0.3) is 0 Å². The van der Waals surface area contributed by atoms with Gasteiger partial charge in [-0.1, -0.05) is 23.7 Å². The van der Waals surface area contributed by atoms with E-state index >= 15 is 0 Å². The number of carbonyl (C=O) groups excluding carboxylic acids is 1. The summed E-state index contributed by atoms with van der Waals surface area (Å²) in [6.07, 6.45) is 0.684. The number of benzene rings is 2. The number of aldehydes is 1. The minimum absolute atomic E-state index is 0.318. The third kappa shape index (κ3) is 2.98. The predicted octanol–water partition coefficient (Wildman–Crippen LogP) is 3.91. The van der Waals surface area contributed by atoms with Gasteiger partial charge in [-0.2, -0.15) is 5.26 Å². The van der Waals surface area contributed by atoms with Crippen molar-refractivity contribution >= 4 is 17.9 Å². The number of hydrogen-bond acceptors (Lipinski definition) is 3. The standard InChI is InChI=1S/C16H12ClNO2/c1-11-7-12(8-18)5-6-13(11)10-20-16-4-2-3-15(17)14(16)9-19/h2-7,9H,10H2,1H3. The Labute approximate surface area is 122 Å². The fraction of sp³-hybridized carbons (Fsp3) is 0.125. The number of nitrogens with zero attached hydrogens (tertiary/aromatic N) is 1. The van der Waals surface area contributed by atoms with E-state index in [0.717, 1.165) is 11.1 Å². The van der Waals surface area contributed by atoms with Crippen molar-refractivity contribution in [3.05, 3.63) is 63.7 Å². The van der Waals surface area contributed by atoms with Gasteiger partial charge in [-0.05, 0) is 42.3 Å². The van der Waals surface area contributed by atoms with E-state index < -0.39 is 0 Å². The second-order valence-electron chi connectivity index (χ2n) is 4.31. The molecular formula is C16H12ClNO2. The van der Waals surface area contributed by atoms with Crippen molar-refractivity contribution in [2.45, 2.75) is 13.5 Å². The van der Waals surface area contributed by atoms with Gasteiger partial charge in [0.1, 0.15) is 12.4 Å². The molecule has 0 saturated carbocycles. The van der Waals surface area contributed by atoms with Gasteiger partial charge in [0.25, 0.3) is 0 Å². The highest BCUT2D eigenvalue weighted by Crippen LogP contribution is 2.25. The summed E-state index contributed by atoms with van der Waals surface area (Å²) in [4.78, 5) is 11.0. The van der Waals surface area contributed by atoms with E-state index in [1.807, 2.05) is 13.0 Å². The van der Waals surface area contributed by atoms with Gasteiger partial charge in [-0.15, -0.1) is 0 Å². The third-order valence-electron chi connectivity index (χ3n) is 2.99. The fourth-order valence-electron chi connectivity index (χ4n) is 1.84. The molecule has 0 amide bonds. The van der Waals surface area contributed by atoms with Crippen LogP contribution in [0.1, 0.15) is 27.0 Å². The molecule has 20 heavy (non-hydrogen) atoms. The van der Waals surface area contributed by atoms with Crippen molar-refractivity contribution in [3.8, 4) is 11.8 Å². The van der Waals surface area contributed by atoms with Crippen molar-refractivity contribution in [1.82, 2.24) is 0 Å². The normalized spacial score (nSPS) is 9.85. The zero-order chi connectivity index (χ0) is 14.5. The maximum absolute atomic E-state index is 11.0. The van der Waals surface area contributed by atoms with Gasteiger partial charge >= 0.3 is 0 Å². The highest BCUT2D eigenvalue weighted by molar-refractivity contribution is 6.33. The van der Waals surface area contributed by atoms with Crippen LogP contribution in [0.4, 0.5) is 0 Å². The number of carbonyl (C=O) groups is 1. The number of ether oxygens (including phenoxy) is 1. The summed E-state index contributed by atoms with van der Waals surface area (Å²) in [7, 11) is 0. The van der Waals surface area contributed by atoms with Gasteiger partial charge < -0.3 is 4.74 Å². The van der Waals surface area contributed by atoms with Crippen molar-refractivity contribution in [3.63, 3.8) is 0 Å². The Bertz CT molecular complexity index is 689. The first kappa shape index (κ1) is 14.1. The van der Waals surface area contributed by atoms with Crippen molar-refractivity contribution < 1.29 is 9.53 Å². The molecule has 0 atom stereocenters. The molecule has 0 spiro atoms. The van der Waals surface area contributed by atoms with E-state index in [0.29, 0.717) is 34.8 Å². The van der Waals surface area contributed by atoms with Crippen molar-refractivity contribution in [1.29, 1.82) is 5.26 Å². The van der Waals surface area contributed by atoms with E-state index in [2.05, 4.69) is 6.07 Å². The number of hydrogen-bond donors (Lipinski definition) is 0. The second kappa shape index (κ2) is 6.23. The van der Waals surface area contributed by atoms with Crippen LogP contribution in [0.15, 0.2) is 36.4 Å². The van der Waals surface area contributed by atoms with E-state index in [1.165, 1.54) is 0 Å². The maximum Gasteiger partial charge on any atom is 0.155 e. The molecule has 0 fully saturated rings. The molecule has 0 heterocycles. The predicted molar refractivity (Wildman–Crippen MR) is 77.1 cm³/mol. The lowest BCUT2D eigenvalue weighted by Gasteiger charge is -2.11. The molecular weight excluding hydrogens is 274 g/mol. The lowest BCUT2D eigenvalue weighted by molar-refractivity contribution is 0.111. The minimum atomic E-state index is 0.318. The summed E-state index contributed by atoms with van der Waals surface area (Å²) in [5.41, 5.74) is 2.89. The maximum atomic E-state index is 11.0. The monoisotopic (exact) mass is 285 g/mol. The van der Waals surface area contributed by atoms with Gasteiger partial charge in [0.05, 0.1) is 22.2 Å². The Hall–Kier alpha value is -2.31. The lowest BCUT2D eigenvalue weighted by Crippen LogP contribution is -2.00. The largest absolute Gasteiger partial charge is 0.488 e. The number of aryl methyl sites for hydroxylation is 1. The molecule has 0 aromatic heterocycles. The van der Waals surface area contributed by atoms with Crippen LogP contribution in [-0.2, 0) is 6.61 Å². The van der Waals surface area contributed by atoms with Crippen LogP contribution in [0.3, 0.4) is 0 Å². The first-order valence-electron chi connectivity index (χ1n) is 6.02. The zero-order valence-electron chi connectivity index (χ0n) is 10.9. The summed E-state index contributed by atoms with van der Waals surface area (Å²) in [6, 6.07) is 12.6. The minimum Gasteiger partial charge on any atom is -0.488 e. The Morgan fingerprint density at radius 3 is 2.80 bits per heavy atom. The highest BCUT2D eigenvalue weighted by atomic mass is 35.5. The molecule has 2 rings (SSSR count). The van der Waals surface area contributed by atoms with Crippen molar-refractivity contribution in [2.24, 2.45) is 0 Å². The molecule has 0 radical (unpaired) electrons. The molecule has 2 aromatic rings. The number of halogens is 1. The molecule has 3 nitrogen and oxygen atoms in total. The summed E-state index contributed by atoms with van der Waals surface area (Å²) in [5.74, 6) is 0.455. The van der Waals surface area contributed by atoms with Crippen LogP contribution in [0.5, 0.6) is 5.75 Å². The summed E-state index contributed by atoms with van der Waals surface area (Å²) < 4.78 is 5.65. The molecule has 0 aliphatic carbocycles. The molecule has 0 bridgehead atoms. The Morgan fingerprint density at radius 2 is 2.15 bits per heavy atom. The van der Waals surface area contributed by atoms with Gasteiger partial charge in [-0.25, -0.2) is 0 Å². The number of nitriles is 1. The quantitative estimate of drug-likeness (QED) is 0.800. The second-order valence-corrected chi connectivity index (χ2v) is 4.72. The lowest BCUT2D eigenvalue weighted by atomic mass is 10.1. The molecule has 0 unspecified atom stereocenters. The van der Waals surface area contributed by atoms with Crippen LogP contribution in [0.2, 0.25) is 5.02 Å². The van der Waals surface area contributed by atoms with E-state index in [1.54, 1.807) is 30.3 Å². The average molecular weight is 286 g/mol. The molecule has 0 aliphatic rings. The highest BCUT2D eigenvalue weighted by Gasteiger charge is 2.08. The smallest absolute Gasteiger partial charge is 0.155 e. The van der Waals surface area contributed by atoms with E-state index in [-0.39, 0.29) is 0 Å². The van der Waals surface area contributed by atoms with Gasteiger partial charge in [-0.3, -0.25) is 4.79 Å². The summed E-state index contributed by atoms with van der Waals surface area (Å²) in [6.45, 7) is 2.23. The molecule has 4 heteroatoms. The topological polar surface area (TPSA) is 50.1 Å². The van der Waals surface area contributed by atoms with Gasteiger partial charge in [0, 0.05) is 0 Å². The Kier molecular flexibility index (Phi) is 4.39. The molecule has 100 valence electrons. The van der Waals surface area contributed by atoms with Crippen LogP contribution < -0.4 is 4.74 Å². The molecule has 2 aromatic carbocycles. The molecule has 0 saturated heterocycles. The first-order valence-corrected chi connectivity index (χ1v) is 6.39. The SMILES string of the molecule is Cc1cc(C#N)ccc1COc1cccc(Cl)c1C=O.